The highest BCUT2D eigenvalue weighted by Crippen LogP contribution is 2.31. The van der Waals surface area contributed by atoms with Crippen LogP contribution in [0.15, 0.2) is 47.0 Å². The first-order valence-electron chi connectivity index (χ1n) is 8.49. The number of hydrogen-bond acceptors (Lipinski definition) is 7. The molecule has 27 heavy (non-hydrogen) atoms. The zero-order chi connectivity index (χ0) is 19.2. The van der Waals surface area contributed by atoms with Crippen molar-refractivity contribution in [1.82, 2.24) is 15.0 Å². The van der Waals surface area contributed by atoms with Gasteiger partial charge >= 0.3 is 0 Å². The minimum atomic E-state index is 0.485. The molecule has 0 bridgehead atoms. The lowest BCUT2D eigenvalue weighted by Crippen LogP contribution is -2.17. The van der Waals surface area contributed by atoms with E-state index in [1.807, 2.05) is 37.4 Å². The van der Waals surface area contributed by atoms with E-state index in [1.165, 1.54) is 0 Å². The van der Waals surface area contributed by atoms with Gasteiger partial charge in [-0.15, -0.1) is 0 Å². The Balaban J connectivity index is 1.70. The molecule has 7 heteroatoms. The highest BCUT2D eigenvalue weighted by atomic mass is 16.5. The number of hydrogen-bond donors (Lipinski definition) is 0. The summed E-state index contributed by atoms with van der Waals surface area (Å²) >= 11 is 0. The van der Waals surface area contributed by atoms with E-state index < -0.39 is 0 Å². The van der Waals surface area contributed by atoms with Gasteiger partial charge in [-0.25, -0.2) is 0 Å². The lowest BCUT2D eigenvalue weighted by molar-refractivity contribution is 0.260. The van der Waals surface area contributed by atoms with Gasteiger partial charge in [0.2, 0.25) is 11.7 Å². The van der Waals surface area contributed by atoms with Gasteiger partial charge in [0.25, 0.3) is 0 Å². The van der Waals surface area contributed by atoms with E-state index in [4.69, 9.17) is 18.7 Å². The second-order valence-corrected chi connectivity index (χ2v) is 6.10. The van der Waals surface area contributed by atoms with E-state index in [0.29, 0.717) is 29.8 Å². The van der Waals surface area contributed by atoms with Gasteiger partial charge in [-0.3, -0.25) is 4.90 Å². The third kappa shape index (κ3) is 4.57. The molecular formula is C20H23N3O4. The second kappa shape index (κ2) is 8.55. The van der Waals surface area contributed by atoms with E-state index in [1.54, 1.807) is 27.4 Å². The van der Waals surface area contributed by atoms with Crippen LogP contribution in [-0.2, 0) is 13.1 Å². The molecule has 3 rings (SSSR count). The summed E-state index contributed by atoms with van der Waals surface area (Å²) in [5.41, 5.74) is 1.90. The summed E-state index contributed by atoms with van der Waals surface area (Å²) < 4.78 is 21.3. The molecule has 0 aliphatic carbocycles. The summed E-state index contributed by atoms with van der Waals surface area (Å²) in [6, 6.07) is 13.5. The standard InChI is InChI=1S/C20H23N3O4/c1-23(12-14-6-5-7-15(10-14)24-2)13-19-21-20(22-27-19)17-9-8-16(25-3)11-18(17)26-4/h5-11H,12-13H2,1-4H3. The molecule has 1 heterocycles. The minimum Gasteiger partial charge on any atom is -0.497 e. The predicted octanol–water partition coefficient (Wildman–Crippen LogP) is 3.39. The molecule has 0 unspecified atom stereocenters. The predicted molar refractivity (Wildman–Crippen MR) is 101 cm³/mol. The van der Waals surface area contributed by atoms with Crippen LogP contribution in [0.5, 0.6) is 17.2 Å². The van der Waals surface area contributed by atoms with Crippen molar-refractivity contribution in [3.05, 3.63) is 53.9 Å². The molecule has 0 saturated carbocycles. The Morgan fingerprint density at radius 2 is 1.70 bits per heavy atom. The SMILES string of the molecule is COc1cccc(CN(C)Cc2nc(-c3ccc(OC)cc3OC)no2)c1. The number of nitrogens with zero attached hydrogens (tertiary/aromatic N) is 3. The Labute approximate surface area is 158 Å². The van der Waals surface area contributed by atoms with Gasteiger partial charge in [0.05, 0.1) is 33.4 Å². The molecular weight excluding hydrogens is 346 g/mol. The van der Waals surface area contributed by atoms with Crippen LogP contribution in [-0.4, -0.2) is 43.4 Å². The quantitative estimate of drug-likeness (QED) is 0.603. The van der Waals surface area contributed by atoms with E-state index >= 15 is 0 Å². The fourth-order valence-corrected chi connectivity index (χ4v) is 2.78. The normalized spacial score (nSPS) is 10.9. The molecule has 0 N–H and O–H groups in total. The van der Waals surface area contributed by atoms with Gasteiger partial charge in [-0.2, -0.15) is 4.98 Å². The highest BCUT2D eigenvalue weighted by molar-refractivity contribution is 5.65. The van der Waals surface area contributed by atoms with E-state index in [2.05, 4.69) is 21.1 Å². The molecule has 0 aliphatic rings. The van der Waals surface area contributed by atoms with Crippen LogP contribution in [0.25, 0.3) is 11.4 Å². The average molecular weight is 369 g/mol. The van der Waals surface area contributed by atoms with Crippen LogP contribution in [0.3, 0.4) is 0 Å². The van der Waals surface area contributed by atoms with Crippen molar-refractivity contribution in [2.75, 3.05) is 28.4 Å². The molecule has 0 aliphatic heterocycles. The zero-order valence-corrected chi connectivity index (χ0v) is 15.9. The lowest BCUT2D eigenvalue weighted by atomic mass is 10.2. The van der Waals surface area contributed by atoms with Crippen LogP contribution in [0, 0.1) is 0 Å². The number of rotatable bonds is 8. The molecule has 0 saturated heterocycles. The van der Waals surface area contributed by atoms with Gasteiger partial charge in [-0.1, -0.05) is 17.3 Å². The third-order valence-electron chi connectivity index (χ3n) is 4.11. The maximum Gasteiger partial charge on any atom is 0.241 e. The Morgan fingerprint density at radius 1 is 0.926 bits per heavy atom. The summed E-state index contributed by atoms with van der Waals surface area (Å²) in [7, 11) is 6.87. The number of ether oxygens (including phenoxy) is 3. The zero-order valence-electron chi connectivity index (χ0n) is 15.9. The Kier molecular flexibility index (Phi) is 5.93. The molecule has 142 valence electrons. The van der Waals surface area contributed by atoms with Crippen molar-refractivity contribution in [3.8, 4) is 28.6 Å². The summed E-state index contributed by atoms with van der Waals surface area (Å²) in [6.07, 6.45) is 0. The molecule has 0 spiro atoms. The summed E-state index contributed by atoms with van der Waals surface area (Å²) in [5.74, 6) is 3.20. The van der Waals surface area contributed by atoms with Crippen LogP contribution < -0.4 is 14.2 Å². The Morgan fingerprint density at radius 3 is 2.44 bits per heavy atom. The van der Waals surface area contributed by atoms with Crippen LogP contribution >= 0.6 is 0 Å². The van der Waals surface area contributed by atoms with Gasteiger partial charge in [-0.05, 0) is 36.9 Å². The maximum atomic E-state index is 5.41. The minimum absolute atomic E-state index is 0.485. The van der Waals surface area contributed by atoms with Crippen LogP contribution in [0.2, 0.25) is 0 Å². The van der Waals surface area contributed by atoms with Crippen molar-refractivity contribution in [2.24, 2.45) is 0 Å². The first-order chi connectivity index (χ1) is 13.1. The molecule has 3 aromatic rings. The highest BCUT2D eigenvalue weighted by Gasteiger charge is 2.15. The molecule has 0 amide bonds. The van der Waals surface area contributed by atoms with Crippen molar-refractivity contribution in [1.29, 1.82) is 0 Å². The van der Waals surface area contributed by atoms with Crippen molar-refractivity contribution in [2.45, 2.75) is 13.1 Å². The topological polar surface area (TPSA) is 69.9 Å². The molecule has 2 aromatic carbocycles. The molecule has 1 aromatic heterocycles. The summed E-state index contributed by atoms with van der Waals surface area (Å²) in [6.45, 7) is 1.27. The summed E-state index contributed by atoms with van der Waals surface area (Å²) in [4.78, 5) is 6.59. The molecule has 0 fully saturated rings. The number of benzene rings is 2. The van der Waals surface area contributed by atoms with E-state index in [0.717, 1.165) is 23.4 Å². The van der Waals surface area contributed by atoms with Crippen molar-refractivity contribution in [3.63, 3.8) is 0 Å². The average Bonchev–Trinajstić information content (AvgIpc) is 3.15. The largest absolute Gasteiger partial charge is 0.497 e. The van der Waals surface area contributed by atoms with Crippen LogP contribution in [0.1, 0.15) is 11.5 Å². The van der Waals surface area contributed by atoms with Crippen LogP contribution in [0.4, 0.5) is 0 Å². The fraction of sp³-hybridized carbons (Fsp3) is 0.300. The second-order valence-electron chi connectivity index (χ2n) is 6.10. The first-order valence-corrected chi connectivity index (χ1v) is 8.49. The van der Waals surface area contributed by atoms with Crippen molar-refractivity contribution < 1.29 is 18.7 Å². The van der Waals surface area contributed by atoms with Crippen molar-refractivity contribution >= 4 is 0 Å². The first kappa shape index (κ1) is 18.7. The molecule has 0 atom stereocenters. The number of methoxy groups -OCH3 is 3. The third-order valence-corrected chi connectivity index (χ3v) is 4.11. The molecule has 0 radical (unpaired) electrons. The van der Waals surface area contributed by atoms with E-state index in [9.17, 15) is 0 Å². The smallest absolute Gasteiger partial charge is 0.241 e. The van der Waals surface area contributed by atoms with Gasteiger partial charge in [0.15, 0.2) is 0 Å². The van der Waals surface area contributed by atoms with Gasteiger partial charge < -0.3 is 18.7 Å². The number of aromatic nitrogens is 2. The summed E-state index contributed by atoms with van der Waals surface area (Å²) in [5, 5.41) is 4.08. The monoisotopic (exact) mass is 369 g/mol. The maximum absolute atomic E-state index is 5.41. The lowest BCUT2D eigenvalue weighted by Gasteiger charge is -2.14. The van der Waals surface area contributed by atoms with E-state index in [-0.39, 0.29) is 0 Å². The Hall–Kier alpha value is -3.06. The molecule has 7 nitrogen and oxygen atoms in total. The fourth-order valence-electron chi connectivity index (χ4n) is 2.78. The Bertz CT molecular complexity index is 894. The van der Waals surface area contributed by atoms with Gasteiger partial charge in [0, 0.05) is 12.6 Å². The van der Waals surface area contributed by atoms with Gasteiger partial charge in [0.1, 0.15) is 17.2 Å².